The van der Waals surface area contributed by atoms with Crippen LogP contribution in [0.5, 0.6) is 0 Å². The summed E-state index contributed by atoms with van der Waals surface area (Å²) in [7, 11) is 1.65. The lowest BCUT2D eigenvalue weighted by molar-refractivity contribution is -0.137. The van der Waals surface area contributed by atoms with Crippen molar-refractivity contribution in [3.05, 3.63) is 71.3 Å². The molecular weight excluding hydrogens is 429 g/mol. The molecule has 0 bridgehead atoms. The highest BCUT2D eigenvalue weighted by Crippen LogP contribution is 2.39. The van der Waals surface area contributed by atoms with E-state index in [0.29, 0.717) is 24.9 Å². The molecule has 3 rings (SSSR count). The third-order valence-electron chi connectivity index (χ3n) is 6.11. The maximum atomic E-state index is 13.4. The van der Waals surface area contributed by atoms with E-state index in [-0.39, 0.29) is 0 Å². The zero-order valence-electron chi connectivity index (χ0n) is 19.8. The molecule has 1 amide bonds. The molecule has 1 aliphatic rings. The van der Waals surface area contributed by atoms with Crippen molar-refractivity contribution < 1.29 is 22.7 Å². The smallest absolute Gasteiger partial charge is 0.416 e. The summed E-state index contributed by atoms with van der Waals surface area (Å²) in [5.41, 5.74) is -0.0681. The second-order valence-corrected chi connectivity index (χ2v) is 9.96. The van der Waals surface area contributed by atoms with Crippen LogP contribution in [0, 0.1) is 0 Å². The molecule has 33 heavy (non-hydrogen) atoms. The van der Waals surface area contributed by atoms with Crippen molar-refractivity contribution in [2.45, 2.75) is 57.3 Å². The van der Waals surface area contributed by atoms with Gasteiger partial charge in [0.15, 0.2) is 0 Å². The number of nitrogens with zero attached hydrogens (tertiary/aromatic N) is 2. The molecule has 2 aromatic rings. The van der Waals surface area contributed by atoms with Crippen molar-refractivity contribution in [1.82, 2.24) is 9.80 Å². The number of piperidine rings is 1. The van der Waals surface area contributed by atoms with Gasteiger partial charge in [-0.15, -0.1) is 0 Å². The van der Waals surface area contributed by atoms with Gasteiger partial charge in [-0.3, -0.25) is 4.90 Å². The van der Waals surface area contributed by atoms with Crippen LogP contribution in [0.3, 0.4) is 0 Å². The molecule has 0 spiro atoms. The Morgan fingerprint density at radius 2 is 1.67 bits per heavy atom. The van der Waals surface area contributed by atoms with Gasteiger partial charge in [0.1, 0.15) is 5.60 Å². The third-order valence-corrected chi connectivity index (χ3v) is 6.11. The number of rotatable bonds is 5. The van der Waals surface area contributed by atoms with Crippen molar-refractivity contribution in [3.63, 3.8) is 0 Å². The van der Waals surface area contributed by atoms with Gasteiger partial charge in [-0.25, -0.2) is 4.79 Å². The van der Waals surface area contributed by atoms with Gasteiger partial charge in [0.25, 0.3) is 0 Å². The summed E-state index contributed by atoms with van der Waals surface area (Å²) < 4.78 is 45.8. The van der Waals surface area contributed by atoms with Gasteiger partial charge in [0.2, 0.25) is 0 Å². The SMILES string of the molecule is CN(CC1(c2cccc(C(F)(F)F)c2)CCN(Cc2ccccc2)CC1)C(=O)OC(C)(C)C. The molecule has 0 atom stereocenters. The Bertz CT molecular complexity index is 931. The molecule has 0 aliphatic carbocycles. The molecule has 0 N–H and O–H groups in total. The van der Waals surface area contributed by atoms with Crippen LogP contribution < -0.4 is 0 Å². The fourth-order valence-corrected chi connectivity index (χ4v) is 4.40. The summed E-state index contributed by atoms with van der Waals surface area (Å²) in [6, 6.07) is 15.7. The molecule has 1 saturated heterocycles. The van der Waals surface area contributed by atoms with Crippen molar-refractivity contribution in [3.8, 4) is 0 Å². The minimum Gasteiger partial charge on any atom is -0.444 e. The summed E-state index contributed by atoms with van der Waals surface area (Å²) in [6.45, 7) is 7.93. The minimum absolute atomic E-state index is 0.294. The van der Waals surface area contributed by atoms with E-state index in [9.17, 15) is 18.0 Å². The monoisotopic (exact) mass is 462 g/mol. The first-order valence-electron chi connectivity index (χ1n) is 11.3. The first-order chi connectivity index (χ1) is 15.4. The average molecular weight is 463 g/mol. The van der Waals surface area contributed by atoms with Crippen LogP contribution >= 0.6 is 0 Å². The molecule has 180 valence electrons. The Kier molecular flexibility index (Phi) is 7.42. The number of amides is 1. The Morgan fingerprint density at radius 3 is 2.24 bits per heavy atom. The first kappa shape index (κ1) is 25.1. The Balaban J connectivity index is 1.84. The molecule has 4 nitrogen and oxygen atoms in total. The molecule has 7 heteroatoms. The van der Waals surface area contributed by atoms with E-state index in [4.69, 9.17) is 4.74 Å². The molecule has 1 aliphatic heterocycles. The van der Waals surface area contributed by atoms with Crippen molar-refractivity contribution in [2.75, 3.05) is 26.7 Å². The maximum absolute atomic E-state index is 13.4. The second-order valence-electron chi connectivity index (χ2n) is 9.96. The summed E-state index contributed by atoms with van der Waals surface area (Å²) >= 11 is 0. The number of alkyl halides is 3. The minimum atomic E-state index is -4.41. The standard InChI is InChI=1S/C26H33F3N2O2/c1-24(2,3)33-23(32)30(4)19-25(21-11-8-12-22(17-21)26(27,28)29)13-15-31(16-14-25)18-20-9-6-5-7-10-20/h5-12,17H,13-16,18-19H2,1-4H3. The van der Waals surface area contributed by atoms with Crippen LogP contribution in [0.2, 0.25) is 0 Å². The Hall–Kier alpha value is -2.54. The molecule has 0 radical (unpaired) electrons. The van der Waals surface area contributed by atoms with Crippen LogP contribution in [0.1, 0.15) is 50.3 Å². The van der Waals surface area contributed by atoms with E-state index < -0.39 is 28.8 Å². The molecule has 1 heterocycles. The van der Waals surface area contributed by atoms with Gasteiger partial charge in [0.05, 0.1) is 5.56 Å². The van der Waals surface area contributed by atoms with Gasteiger partial charge >= 0.3 is 12.3 Å². The van der Waals surface area contributed by atoms with E-state index >= 15 is 0 Å². The summed E-state index contributed by atoms with van der Waals surface area (Å²) in [4.78, 5) is 16.5. The molecule has 0 saturated carbocycles. The predicted octanol–water partition coefficient (Wildman–Crippen LogP) is 6.11. The van der Waals surface area contributed by atoms with Gasteiger partial charge in [-0.05, 0) is 63.9 Å². The zero-order chi connectivity index (χ0) is 24.3. The highest BCUT2D eigenvalue weighted by Gasteiger charge is 2.40. The second kappa shape index (κ2) is 9.75. The van der Waals surface area contributed by atoms with Crippen LogP contribution in [0.15, 0.2) is 54.6 Å². The van der Waals surface area contributed by atoms with Crippen molar-refractivity contribution >= 4 is 6.09 Å². The number of halogens is 3. The van der Waals surface area contributed by atoms with Gasteiger partial charge in [-0.1, -0.05) is 48.5 Å². The van der Waals surface area contributed by atoms with E-state index in [0.717, 1.165) is 25.7 Å². The fraction of sp³-hybridized carbons (Fsp3) is 0.500. The molecule has 0 aromatic heterocycles. The number of hydrogen-bond acceptors (Lipinski definition) is 3. The van der Waals surface area contributed by atoms with Gasteiger partial charge in [-0.2, -0.15) is 13.2 Å². The molecule has 2 aromatic carbocycles. The Morgan fingerprint density at radius 1 is 1.03 bits per heavy atom. The third kappa shape index (κ3) is 6.73. The number of likely N-dealkylation sites (N-methyl/N-ethyl adjacent to an activating group) is 1. The summed E-state index contributed by atoms with van der Waals surface area (Å²) in [6.07, 6.45) is -3.59. The lowest BCUT2D eigenvalue weighted by Gasteiger charge is -2.44. The number of likely N-dealkylation sites (tertiary alicyclic amines) is 1. The van der Waals surface area contributed by atoms with Crippen LogP contribution in [-0.4, -0.2) is 48.2 Å². The number of benzene rings is 2. The summed E-state index contributed by atoms with van der Waals surface area (Å²) in [5.74, 6) is 0. The van der Waals surface area contributed by atoms with E-state index in [2.05, 4.69) is 17.0 Å². The van der Waals surface area contributed by atoms with Crippen LogP contribution in [0.25, 0.3) is 0 Å². The number of hydrogen-bond donors (Lipinski definition) is 0. The van der Waals surface area contributed by atoms with E-state index in [1.807, 2.05) is 18.2 Å². The highest BCUT2D eigenvalue weighted by molar-refractivity contribution is 5.68. The normalized spacial score (nSPS) is 16.9. The Labute approximate surface area is 194 Å². The highest BCUT2D eigenvalue weighted by atomic mass is 19.4. The fourth-order valence-electron chi connectivity index (χ4n) is 4.40. The van der Waals surface area contributed by atoms with E-state index in [1.54, 1.807) is 33.9 Å². The molecule has 1 fully saturated rings. The topological polar surface area (TPSA) is 32.8 Å². The summed E-state index contributed by atoms with van der Waals surface area (Å²) in [5, 5.41) is 0. The number of carbonyl (C=O) groups is 1. The first-order valence-corrected chi connectivity index (χ1v) is 11.3. The van der Waals surface area contributed by atoms with E-state index in [1.165, 1.54) is 22.6 Å². The van der Waals surface area contributed by atoms with Crippen LogP contribution in [-0.2, 0) is 22.9 Å². The number of carbonyl (C=O) groups excluding carboxylic acids is 1. The van der Waals surface area contributed by atoms with Crippen molar-refractivity contribution in [1.29, 1.82) is 0 Å². The lowest BCUT2D eigenvalue weighted by atomic mass is 9.72. The van der Waals surface area contributed by atoms with Crippen molar-refractivity contribution in [2.24, 2.45) is 0 Å². The molecular formula is C26H33F3N2O2. The van der Waals surface area contributed by atoms with Gasteiger partial charge in [0, 0.05) is 25.6 Å². The maximum Gasteiger partial charge on any atom is 0.416 e. The zero-order valence-corrected chi connectivity index (χ0v) is 19.8. The predicted molar refractivity (Wildman–Crippen MR) is 123 cm³/mol. The lowest BCUT2D eigenvalue weighted by Crippen LogP contribution is -2.50. The van der Waals surface area contributed by atoms with Gasteiger partial charge < -0.3 is 9.64 Å². The largest absolute Gasteiger partial charge is 0.444 e. The molecule has 0 unspecified atom stereocenters. The average Bonchev–Trinajstić information content (AvgIpc) is 2.74. The van der Waals surface area contributed by atoms with Crippen LogP contribution in [0.4, 0.5) is 18.0 Å². The quantitative estimate of drug-likeness (QED) is 0.538. The number of ether oxygens (including phenoxy) is 1.